The molecule has 2 aromatic rings. The van der Waals surface area contributed by atoms with E-state index in [0.29, 0.717) is 5.75 Å². The van der Waals surface area contributed by atoms with Crippen LogP contribution in [0.2, 0.25) is 0 Å². The second-order valence-electron chi connectivity index (χ2n) is 4.13. The minimum Gasteiger partial charge on any atom is -0.478 e. The van der Waals surface area contributed by atoms with Gasteiger partial charge in [0.25, 0.3) is 0 Å². The molecule has 0 saturated carbocycles. The van der Waals surface area contributed by atoms with Gasteiger partial charge in [-0.3, -0.25) is 0 Å². The summed E-state index contributed by atoms with van der Waals surface area (Å²) in [6.07, 6.45) is 1.26. The Morgan fingerprint density at radius 2 is 1.94 bits per heavy atom. The van der Waals surface area contributed by atoms with Gasteiger partial charge in [-0.2, -0.15) is 0 Å². The van der Waals surface area contributed by atoms with Crippen LogP contribution in [-0.4, -0.2) is 16.8 Å². The average Bonchev–Trinajstić information content (AvgIpc) is 2.35. The molecule has 0 unspecified atom stereocenters. The zero-order valence-corrected chi connectivity index (χ0v) is 10.9. The largest absolute Gasteiger partial charge is 0.478 e. The predicted octanol–water partition coefficient (Wildman–Crippen LogP) is 3.96. The van der Waals surface area contributed by atoms with Gasteiger partial charge in [0.1, 0.15) is 0 Å². The molecular formula is C15H14O2S. The third-order valence-electron chi connectivity index (χ3n) is 2.56. The number of benzene rings is 2. The summed E-state index contributed by atoms with van der Waals surface area (Å²) in [6.45, 7) is 1.84. The lowest BCUT2D eigenvalue weighted by molar-refractivity contribution is -0.131. The lowest BCUT2D eigenvalue weighted by Crippen LogP contribution is -1.91. The predicted molar refractivity (Wildman–Crippen MR) is 76.1 cm³/mol. The number of carboxylic acids is 1. The van der Waals surface area contributed by atoms with Gasteiger partial charge in [-0.05, 0) is 29.8 Å². The van der Waals surface area contributed by atoms with E-state index in [1.165, 1.54) is 16.8 Å². The van der Waals surface area contributed by atoms with Crippen molar-refractivity contribution in [2.75, 3.05) is 5.75 Å². The fourth-order valence-corrected chi connectivity index (χ4v) is 2.56. The Morgan fingerprint density at radius 3 is 2.67 bits per heavy atom. The summed E-state index contributed by atoms with van der Waals surface area (Å²) in [6, 6.07) is 14.5. The van der Waals surface area contributed by atoms with Crippen LogP contribution < -0.4 is 0 Å². The van der Waals surface area contributed by atoms with Gasteiger partial charge in [0.15, 0.2) is 0 Å². The molecular weight excluding hydrogens is 244 g/mol. The van der Waals surface area contributed by atoms with E-state index in [9.17, 15) is 4.79 Å². The Balaban J connectivity index is 2.10. The van der Waals surface area contributed by atoms with Crippen LogP contribution >= 0.6 is 11.8 Å². The minimum absolute atomic E-state index is 0.699. The molecule has 0 atom stereocenters. The third kappa shape index (κ3) is 3.37. The van der Waals surface area contributed by atoms with Crippen molar-refractivity contribution in [1.29, 1.82) is 0 Å². The molecule has 18 heavy (non-hydrogen) atoms. The Bertz CT molecular complexity index is 602. The molecule has 0 heterocycles. The summed E-state index contributed by atoms with van der Waals surface area (Å²) in [5.41, 5.74) is 0.862. The molecule has 0 aliphatic rings. The Hall–Kier alpha value is -1.74. The van der Waals surface area contributed by atoms with E-state index in [1.54, 1.807) is 11.8 Å². The average molecular weight is 258 g/mol. The number of hydrogen-bond acceptors (Lipinski definition) is 2. The van der Waals surface area contributed by atoms with Gasteiger partial charge in [0.2, 0.25) is 0 Å². The minimum atomic E-state index is -0.883. The normalized spacial score (nSPS) is 11.7. The van der Waals surface area contributed by atoms with Gasteiger partial charge in [-0.1, -0.05) is 35.9 Å². The molecule has 2 nitrogen and oxygen atoms in total. The fraction of sp³-hybridized carbons (Fsp3) is 0.133. The van der Waals surface area contributed by atoms with Crippen LogP contribution in [0.5, 0.6) is 0 Å². The molecule has 0 saturated heterocycles. The molecule has 0 radical (unpaired) electrons. The van der Waals surface area contributed by atoms with Crippen molar-refractivity contribution in [3.05, 3.63) is 54.1 Å². The van der Waals surface area contributed by atoms with Crippen molar-refractivity contribution in [2.45, 2.75) is 11.8 Å². The number of fused-ring (bicyclic) bond motifs is 1. The number of rotatable bonds is 4. The van der Waals surface area contributed by atoms with Crippen molar-refractivity contribution < 1.29 is 9.90 Å². The maximum Gasteiger partial charge on any atom is 0.328 e. The van der Waals surface area contributed by atoms with E-state index in [4.69, 9.17) is 5.11 Å². The quantitative estimate of drug-likeness (QED) is 0.666. The van der Waals surface area contributed by atoms with Crippen LogP contribution in [0, 0.1) is 0 Å². The summed E-state index contributed by atoms with van der Waals surface area (Å²) < 4.78 is 0. The lowest BCUT2D eigenvalue weighted by atomic mass is 10.1. The van der Waals surface area contributed by atoms with Crippen LogP contribution in [0.4, 0.5) is 0 Å². The highest BCUT2D eigenvalue weighted by molar-refractivity contribution is 7.99. The van der Waals surface area contributed by atoms with E-state index >= 15 is 0 Å². The van der Waals surface area contributed by atoms with Gasteiger partial charge in [0, 0.05) is 16.7 Å². The highest BCUT2D eigenvalue weighted by Crippen LogP contribution is 2.24. The first-order chi connectivity index (χ1) is 8.65. The molecule has 0 bridgehead atoms. The summed E-state index contributed by atoms with van der Waals surface area (Å²) in [5.74, 6) is -0.184. The molecule has 2 aromatic carbocycles. The highest BCUT2D eigenvalue weighted by Gasteiger charge is 1.99. The van der Waals surface area contributed by atoms with Crippen molar-refractivity contribution in [2.24, 2.45) is 0 Å². The zero-order valence-electron chi connectivity index (χ0n) is 10.1. The van der Waals surface area contributed by atoms with E-state index in [0.717, 1.165) is 10.5 Å². The molecule has 0 aliphatic carbocycles. The molecule has 0 fully saturated rings. The molecule has 0 aromatic heterocycles. The number of carbonyl (C=O) groups is 1. The van der Waals surface area contributed by atoms with E-state index in [-0.39, 0.29) is 0 Å². The van der Waals surface area contributed by atoms with Crippen molar-refractivity contribution in [3.8, 4) is 0 Å². The summed E-state index contributed by atoms with van der Waals surface area (Å²) in [5, 5.41) is 11.1. The van der Waals surface area contributed by atoms with Crippen LogP contribution in [0.25, 0.3) is 10.8 Å². The molecule has 0 spiro atoms. The van der Waals surface area contributed by atoms with Crippen LogP contribution in [0.1, 0.15) is 6.92 Å². The fourth-order valence-electron chi connectivity index (χ4n) is 1.71. The zero-order chi connectivity index (χ0) is 13.0. The first-order valence-corrected chi connectivity index (χ1v) is 6.65. The van der Waals surface area contributed by atoms with Crippen molar-refractivity contribution in [1.82, 2.24) is 0 Å². The summed E-state index contributed by atoms with van der Waals surface area (Å²) in [4.78, 5) is 11.7. The van der Waals surface area contributed by atoms with Gasteiger partial charge >= 0.3 is 5.97 Å². The number of hydrogen-bond donors (Lipinski definition) is 1. The van der Waals surface area contributed by atoms with Crippen LogP contribution in [0.3, 0.4) is 0 Å². The highest BCUT2D eigenvalue weighted by atomic mass is 32.2. The molecule has 1 N–H and O–H groups in total. The topological polar surface area (TPSA) is 37.3 Å². The summed E-state index contributed by atoms with van der Waals surface area (Å²) >= 11 is 1.65. The van der Waals surface area contributed by atoms with Crippen molar-refractivity contribution >= 4 is 28.5 Å². The molecule has 0 amide bonds. The van der Waals surface area contributed by atoms with Crippen LogP contribution in [0.15, 0.2) is 59.0 Å². The maximum absolute atomic E-state index is 10.5. The smallest absolute Gasteiger partial charge is 0.328 e. The van der Waals surface area contributed by atoms with Crippen molar-refractivity contribution in [3.63, 3.8) is 0 Å². The standard InChI is InChI=1S/C15H14O2S/c1-11(8-15(16)17)10-18-14-7-6-12-4-2-3-5-13(12)9-14/h2-9H,10H2,1H3,(H,16,17). The second-order valence-corrected chi connectivity index (χ2v) is 5.18. The first kappa shape index (κ1) is 12.7. The van der Waals surface area contributed by atoms with E-state index in [2.05, 4.69) is 30.3 Å². The van der Waals surface area contributed by atoms with Gasteiger partial charge in [0.05, 0.1) is 0 Å². The molecule has 0 aliphatic heterocycles. The SMILES string of the molecule is CC(=CC(=O)O)CSc1ccc2ccccc2c1. The number of carboxylic acid groups (broad SMARTS) is 1. The molecule has 2 rings (SSSR count). The monoisotopic (exact) mass is 258 g/mol. The van der Waals surface area contributed by atoms with Gasteiger partial charge < -0.3 is 5.11 Å². The van der Waals surface area contributed by atoms with E-state index in [1.807, 2.05) is 19.1 Å². The Kier molecular flexibility index (Phi) is 4.05. The second kappa shape index (κ2) is 5.74. The van der Waals surface area contributed by atoms with Crippen LogP contribution in [-0.2, 0) is 4.79 Å². The lowest BCUT2D eigenvalue weighted by Gasteiger charge is -2.03. The van der Waals surface area contributed by atoms with Gasteiger partial charge in [-0.25, -0.2) is 4.79 Å². The maximum atomic E-state index is 10.5. The molecule has 3 heteroatoms. The number of thioether (sulfide) groups is 1. The Labute approximate surface area is 110 Å². The third-order valence-corrected chi connectivity index (χ3v) is 3.74. The van der Waals surface area contributed by atoms with E-state index < -0.39 is 5.97 Å². The summed E-state index contributed by atoms with van der Waals surface area (Å²) in [7, 11) is 0. The van der Waals surface area contributed by atoms with Gasteiger partial charge in [-0.15, -0.1) is 11.8 Å². The first-order valence-electron chi connectivity index (χ1n) is 5.67. The molecule has 92 valence electrons. The Morgan fingerprint density at radius 1 is 1.22 bits per heavy atom. The number of aliphatic carboxylic acids is 1.